The molecule has 0 fully saturated rings. The van der Waals surface area contributed by atoms with E-state index in [0.717, 1.165) is 29.5 Å². The number of imidazole rings is 1. The smallest absolute Gasteiger partial charge is 0.275 e. The van der Waals surface area contributed by atoms with Gasteiger partial charge in [-0.1, -0.05) is 6.07 Å². The van der Waals surface area contributed by atoms with Gasteiger partial charge in [-0.2, -0.15) is 0 Å². The molecule has 0 unspecified atom stereocenters. The van der Waals surface area contributed by atoms with E-state index in [2.05, 4.69) is 19.3 Å². The van der Waals surface area contributed by atoms with E-state index in [1.807, 2.05) is 18.2 Å². The molecule has 1 N–H and O–H groups in total. The molecule has 116 valence electrons. The molecule has 8 heteroatoms. The van der Waals surface area contributed by atoms with E-state index in [9.17, 15) is 10.1 Å². The van der Waals surface area contributed by atoms with E-state index in [-0.39, 0.29) is 10.6 Å². The Morgan fingerprint density at radius 1 is 1.35 bits per heavy atom. The summed E-state index contributed by atoms with van der Waals surface area (Å²) < 4.78 is 5.29. The Labute approximate surface area is 136 Å². The number of nitro groups is 1. The zero-order valence-electron chi connectivity index (χ0n) is 12.1. The molecule has 23 heavy (non-hydrogen) atoms. The van der Waals surface area contributed by atoms with Crippen LogP contribution in [0.15, 0.2) is 41.7 Å². The molecule has 1 aliphatic rings. The monoisotopic (exact) mass is 327 g/mol. The minimum atomic E-state index is -0.346. The van der Waals surface area contributed by atoms with Gasteiger partial charge in [0.15, 0.2) is 5.16 Å². The third-order valence-electron chi connectivity index (χ3n) is 3.85. The van der Waals surface area contributed by atoms with Crippen molar-refractivity contribution in [3.05, 3.63) is 57.9 Å². The maximum absolute atomic E-state index is 11.4. The molecule has 0 saturated heterocycles. The first-order valence-corrected chi connectivity index (χ1v) is 8.02. The summed E-state index contributed by atoms with van der Waals surface area (Å²) in [6.07, 6.45) is 2.09. The van der Waals surface area contributed by atoms with Crippen molar-refractivity contribution in [1.82, 2.24) is 19.3 Å². The van der Waals surface area contributed by atoms with Gasteiger partial charge in [0.1, 0.15) is 5.52 Å². The molecule has 1 aliphatic heterocycles. The van der Waals surface area contributed by atoms with Crippen molar-refractivity contribution in [2.24, 2.45) is 0 Å². The van der Waals surface area contributed by atoms with Crippen molar-refractivity contribution < 1.29 is 4.92 Å². The number of nitrogens with zero attached hydrogens (tertiary/aromatic N) is 4. The molecule has 4 rings (SSSR count). The second-order valence-corrected chi connectivity index (χ2v) is 6.09. The fourth-order valence-corrected chi connectivity index (χ4v) is 3.57. The van der Waals surface area contributed by atoms with Gasteiger partial charge >= 0.3 is 0 Å². The van der Waals surface area contributed by atoms with E-state index in [1.54, 1.807) is 18.3 Å². The lowest BCUT2D eigenvalue weighted by Crippen LogP contribution is -2.20. The van der Waals surface area contributed by atoms with Gasteiger partial charge in [0.2, 0.25) is 0 Å². The lowest BCUT2D eigenvalue weighted by atomic mass is 10.0. The van der Waals surface area contributed by atoms with Gasteiger partial charge in [-0.25, -0.2) is 4.98 Å². The Morgan fingerprint density at radius 2 is 2.26 bits per heavy atom. The summed E-state index contributed by atoms with van der Waals surface area (Å²) in [6, 6.07) is 8.94. The van der Waals surface area contributed by atoms with Gasteiger partial charge in [-0.3, -0.25) is 19.8 Å². The number of nitro benzene ring substituents is 1. The molecule has 2 aromatic heterocycles. The standard InChI is InChI=1S/C15H13N5O2S/c21-20(22)12-4-5-13-14(18-15-19(13)8-7-17-23-15)11(12)9-10-3-1-2-6-16-10/h1-6,17H,7-9H2. The second kappa shape index (κ2) is 5.64. The number of pyridine rings is 1. The highest BCUT2D eigenvalue weighted by atomic mass is 32.2. The van der Waals surface area contributed by atoms with E-state index in [4.69, 9.17) is 0 Å². The van der Waals surface area contributed by atoms with Crippen LogP contribution in [0.2, 0.25) is 0 Å². The fourth-order valence-electron chi connectivity index (χ4n) is 2.81. The van der Waals surface area contributed by atoms with Crippen LogP contribution in [0.25, 0.3) is 11.0 Å². The lowest BCUT2D eigenvalue weighted by Gasteiger charge is -2.14. The molecular weight excluding hydrogens is 314 g/mol. The van der Waals surface area contributed by atoms with Gasteiger partial charge in [0.05, 0.1) is 16.0 Å². The van der Waals surface area contributed by atoms with E-state index in [1.165, 1.54) is 11.9 Å². The Balaban J connectivity index is 1.92. The van der Waals surface area contributed by atoms with Crippen molar-refractivity contribution in [3.63, 3.8) is 0 Å². The number of benzene rings is 1. The quantitative estimate of drug-likeness (QED) is 0.452. The van der Waals surface area contributed by atoms with Crippen molar-refractivity contribution >= 4 is 28.7 Å². The minimum absolute atomic E-state index is 0.0940. The zero-order valence-corrected chi connectivity index (χ0v) is 12.9. The average Bonchev–Trinajstić information content (AvgIpc) is 2.95. The van der Waals surface area contributed by atoms with E-state index >= 15 is 0 Å². The van der Waals surface area contributed by atoms with Crippen LogP contribution in [0.5, 0.6) is 0 Å². The van der Waals surface area contributed by atoms with Crippen LogP contribution < -0.4 is 4.72 Å². The van der Waals surface area contributed by atoms with Crippen LogP contribution in [0, 0.1) is 10.1 Å². The molecule has 1 aromatic carbocycles. The number of nitrogens with one attached hydrogen (secondary N) is 1. The average molecular weight is 327 g/mol. The van der Waals surface area contributed by atoms with Gasteiger partial charge in [-0.05, 0) is 30.1 Å². The summed E-state index contributed by atoms with van der Waals surface area (Å²) in [5.41, 5.74) is 3.13. The summed E-state index contributed by atoms with van der Waals surface area (Å²) in [6.45, 7) is 1.65. The third-order valence-corrected chi connectivity index (χ3v) is 4.69. The van der Waals surface area contributed by atoms with Gasteiger partial charge in [0, 0.05) is 37.5 Å². The molecule has 0 saturated carbocycles. The van der Waals surface area contributed by atoms with Crippen LogP contribution in [0.3, 0.4) is 0 Å². The van der Waals surface area contributed by atoms with Crippen molar-refractivity contribution in [3.8, 4) is 0 Å². The van der Waals surface area contributed by atoms with Crippen LogP contribution in [0.1, 0.15) is 11.3 Å². The molecule has 3 heterocycles. The zero-order chi connectivity index (χ0) is 15.8. The minimum Gasteiger partial charge on any atom is -0.317 e. The van der Waals surface area contributed by atoms with E-state index in [0.29, 0.717) is 17.5 Å². The summed E-state index contributed by atoms with van der Waals surface area (Å²) in [5, 5.41) is 12.3. The SMILES string of the molecule is O=[N+]([O-])c1ccc2c(nc3n2CCNS3)c1Cc1ccccn1. The number of hydrogen-bond donors (Lipinski definition) is 1. The molecule has 0 aliphatic carbocycles. The van der Waals surface area contributed by atoms with Gasteiger partial charge in [0.25, 0.3) is 5.69 Å². The molecule has 0 bridgehead atoms. The van der Waals surface area contributed by atoms with Crippen LogP contribution in [-0.4, -0.2) is 26.0 Å². The molecule has 3 aromatic rings. The Bertz CT molecular complexity index is 894. The van der Waals surface area contributed by atoms with Gasteiger partial charge in [-0.15, -0.1) is 0 Å². The summed E-state index contributed by atoms with van der Waals surface area (Å²) in [5.74, 6) is 0. The first kappa shape index (κ1) is 14.2. The Kier molecular flexibility index (Phi) is 3.47. The maximum atomic E-state index is 11.4. The second-order valence-electron chi connectivity index (χ2n) is 5.23. The third kappa shape index (κ3) is 2.45. The van der Waals surface area contributed by atoms with Crippen molar-refractivity contribution in [1.29, 1.82) is 0 Å². The largest absolute Gasteiger partial charge is 0.317 e. The predicted molar refractivity (Wildman–Crippen MR) is 87.3 cm³/mol. The molecular formula is C15H13N5O2S. The predicted octanol–water partition coefficient (Wildman–Crippen LogP) is 2.54. The maximum Gasteiger partial charge on any atom is 0.275 e. The highest BCUT2D eigenvalue weighted by Gasteiger charge is 2.24. The van der Waals surface area contributed by atoms with Crippen molar-refractivity contribution in [2.45, 2.75) is 18.1 Å². The van der Waals surface area contributed by atoms with E-state index < -0.39 is 0 Å². The summed E-state index contributed by atoms with van der Waals surface area (Å²) in [4.78, 5) is 20.0. The first-order valence-electron chi connectivity index (χ1n) is 7.20. The van der Waals surface area contributed by atoms with Crippen LogP contribution in [0.4, 0.5) is 5.69 Å². The number of rotatable bonds is 3. The number of hydrogen-bond acceptors (Lipinski definition) is 6. The topological polar surface area (TPSA) is 85.9 Å². The van der Waals surface area contributed by atoms with Gasteiger partial charge < -0.3 is 4.57 Å². The summed E-state index contributed by atoms with van der Waals surface area (Å²) >= 11 is 1.46. The Hall–Kier alpha value is -2.45. The number of aromatic nitrogens is 3. The summed E-state index contributed by atoms with van der Waals surface area (Å²) in [7, 11) is 0. The fraction of sp³-hybridized carbons (Fsp3) is 0.200. The first-order chi connectivity index (χ1) is 11.2. The molecule has 0 radical (unpaired) electrons. The molecule has 0 atom stereocenters. The normalized spacial score (nSPS) is 13.9. The van der Waals surface area contributed by atoms with Crippen LogP contribution in [-0.2, 0) is 13.0 Å². The van der Waals surface area contributed by atoms with Crippen LogP contribution >= 0.6 is 11.9 Å². The molecule has 7 nitrogen and oxygen atoms in total. The lowest BCUT2D eigenvalue weighted by molar-refractivity contribution is -0.385. The molecule has 0 amide bonds. The molecule has 0 spiro atoms. The highest BCUT2D eigenvalue weighted by Crippen LogP contribution is 2.33. The highest BCUT2D eigenvalue weighted by molar-refractivity contribution is 7.97. The van der Waals surface area contributed by atoms with Crippen molar-refractivity contribution in [2.75, 3.05) is 6.54 Å². The Morgan fingerprint density at radius 3 is 3.04 bits per heavy atom. The number of fused-ring (bicyclic) bond motifs is 3.